The van der Waals surface area contributed by atoms with Crippen LogP contribution in [0.25, 0.3) is 16.9 Å². The number of imidazole rings is 1. The van der Waals surface area contributed by atoms with Gasteiger partial charge in [0.1, 0.15) is 11.3 Å². The molecule has 0 atom stereocenters. The third kappa shape index (κ3) is 2.05. The Morgan fingerprint density at radius 1 is 1.25 bits per heavy atom. The van der Waals surface area contributed by atoms with Gasteiger partial charge >= 0.3 is 0 Å². The van der Waals surface area contributed by atoms with Crippen molar-refractivity contribution in [1.29, 1.82) is 0 Å². The van der Waals surface area contributed by atoms with E-state index in [1.54, 1.807) is 0 Å². The SMILES string of the molecule is Cc1cc(Br)cc(-n2c(CCl)nc3c(C)nn(C)c32)c1. The topological polar surface area (TPSA) is 35.6 Å². The van der Waals surface area contributed by atoms with E-state index in [9.17, 15) is 0 Å². The standard InChI is InChI=1S/C14H14BrClN4/c1-8-4-10(15)6-11(5-8)20-12(7-16)17-13-9(2)18-19(3)14(13)20/h4-6H,7H2,1-3H3. The highest BCUT2D eigenvalue weighted by atomic mass is 79.9. The molecular formula is C14H14BrClN4. The van der Waals surface area contributed by atoms with E-state index in [1.165, 1.54) is 5.56 Å². The molecule has 0 aliphatic rings. The van der Waals surface area contributed by atoms with Crippen molar-refractivity contribution in [3.05, 3.63) is 39.8 Å². The van der Waals surface area contributed by atoms with Gasteiger partial charge in [-0.05, 0) is 37.6 Å². The quantitative estimate of drug-likeness (QED) is 0.656. The van der Waals surface area contributed by atoms with E-state index in [0.717, 1.165) is 32.8 Å². The van der Waals surface area contributed by atoms with Crippen molar-refractivity contribution < 1.29 is 0 Å². The summed E-state index contributed by atoms with van der Waals surface area (Å²) < 4.78 is 4.96. The molecular weight excluding hydrogens is 340 g/mol. The van der Waals surface area contributed by atoms with E-state index in [2.05, 4.69) is 55.7 Å². The number of fused-ring (bicyclic) bond motifs is 1. The molecule has 0 saturated heterocycles. The predicted molar refractivity (Wildman–Crippen MR) is 84.6 cm³/mol. The van der Waals surface area contributed by atoms with Crippen LogP contribution in [0.5, 0.6) is 0 Å². The molecule has 1 aromatic carbocycles. The molecule has 0 fully saturated rings. The zero-order valence-electron chi connectivity index (χ0n) is 11.5. The van der Waals surface area contributed by atoms with Crippen molar-refractivity contribution in [3.8, 4) is 5.69 Å². The summed E-state index contributed by atoms with van der Waals surface area (Å²) in [6, 6.07) is 6.25. The Kier molecular flexibility index (Phi) is 3.34. The van der Waals surface area contributed by atoms with Gasteiger partial charge in [0.05, 0.1) is 17.3 Å². The van der Waals surface area contributed by atoms with Crippen LogP contribution in [0.4, 0.5) is 0 Å². The van der Waals surface area contributed by atoms with Crippen molar-refractivity contribution in [2.45, 2.75) is 19.7 Å². The number of rotatable bonds is 2. The van der Waals surface area contributed by atoms with E-state index in [1.807, 2.05) is 18.7 Å². The summed E-state index contributed by atoms with van der Waals surface area (Å²) >= 11 is 9.61. The van der Waals surface area contributed by atoms with Gasteiger partial charge in [-0.2, -0.15) is 5.10 Å². The summed E-state index contributed by atoms with van der Waals surface area (Å²) in [5.41, 5.74) is 5.00. The average molecular weight is 354 g/mol. The second kappa shape index (κ2) is 4.90. The molecule has 2 heterocycles. The fourth-order valence-corrected chi connectivity index (χ4v) is 3.30. The fraction of sp³-hybridized carbons (Fsp3) is 0.286. The molecule has 4 nitrogen and oxygen atoms in total. The number of hydrogen-bond donors (Lipinski definition) is 0. The molecule has 0 N–H and O–H groups in total. The van der Waals surface area contributed by atoms with E-state index in [-0.39, 0.29) is 0 Å². The average Bonchev–Trinajstić information content (AvgIpc) is 2.87. The smallest absolute Gasteiger partial charge is 0.163 e. The highest BCUT2D eigenvalue weighted by molar-refractivity contribution is 9.10. The lowest BCUT2D eigenvalue weighted by atomic mass is 10.2. The van der Waals surface area contributed by atoms with Gasteiger partial charge in [-0.1, -0.05) is 15.9 Å². The van der Waals surface area contributed by atoms with Crippen molar-refractivity contribution in [1.82, 2.24) is 19.3 Å². The number of hydrogen-bond acceptors (Lipinski definition) is 2. The van der Waals surface area contributed by atoms with Crippen molar-refractivity contribution >= 4 is 38.7 Å². The van der Waals surface area contributed by atoms with Crippen LogP contribution in [-0.2, 0) is 12.9 Å². The molecule has 0 spiro atoms. The summed E-state index contributed by atoms with van der Waals surface area (Å²) in [6.07, 6.45) is 0. The molecule has 0 saturated carbocycles. The molecule has 20 heavy (non-hydrogen) atoms. The normalized spacial score (nSPS) is 11.4. The van der Waals surface area contributed by atoms with Gasteiger partial charge in [0, 0.05) is 11.5 Å². The first kappa shape index (κ1) is 13.6. The Hall–Kier alpha value is -1.33. The maximum atomic E-state index is 6.07. The molecule has 3 aromatic rings. The third-order valence-electron chi connectivity index (χ3n) is 3.28. The minimum absolute atomic E-state index is 0.361. The number of benzene rings is 1. The molecule has 104 valence electrons. The lowest BCUT2D eigenvalue weighted by molar-refractivity contribution is 0.755. The Labute approximate surface area is 130 Å². The number of alkyl halides is 1. The highest BCUT2D eigenvalue weighted by Crippen LogP contribution is 2.27. The van der Waals surface area contributed by atoms with Gasteiger partial charge in [0.25, 0.3) is 0 Å². The molecule has 6 heteroatoms. The predicted octanol–water partition coefficient (Wildman–Crippen LogP) is 3.88. The first-order valence-electron chi connectivity index (χ1n) is 6.25. The van der Waals surface area contributed by atoms with E-state index in [0.29, 0.717) is 5.88 Å². The van der Waals surface area contributed by atoms with Crippen molar-refractivity contribution in [2.75, 3.05) is 0 Å². The van der Waals surface area contributed by atoms with Crippen LogP contribution in [0.15, 0.2) is 22.7 Å². The van der Waals surface area contributed by atoms with Crippen molar-refractivity contribution in [3.63, 3.8) is 0 Å². The third-order valence-corrected chi connectivity index (χ3v) is 3.97. The van der Waals surface area contributed by atoms with Crippen LogP contribution in [0.3, 0.4) is 0 Å². The maximum Gasteiger partial charge on any atom is 0.163 e. The Bertz CT molecular complexity index is 783. The van der Waals surface area contributed by atoms with E-state index in [4.69, 9.17) is 11.6 Å². The summed E-state index contributed by atoms with van der Waals surface area (Å²) in [5, 5.41) is 4.44. The molecule has 0 amide bonds. The van der Waals surface area contributed by atoms with Crippen LogP contribution in [0.2, 0.25) is 0 Å². The molecule has 0 unspecified atom stereocenters. The largest absolute Gasteiger partial charge is 0.280 e. The van der Waals surface area contributed by atoms with Gasteiger partial charge in [-0.25, -0.2) is 9.67 Å². The number of halogens is 2. The molecule has 2 aromatic heterocycles. The van der Waals surface area contributed by atoms with Gasteiger partial charge < -0.3 is 0 Å². The van der Waals surface area contributed by atoms with Gasteiger partial charge in [0.15, 0.2) is 5.65 Å². The number of aryl methyl sites for hydroxylation is 3. The van der Waals surface area contributed by atoms with Crippen LogP contribution >= 0.6 is 27.5 Å². The van der Waals surface area contributed by atoms with E-state index >= 15 is 0 Å². The number of aromatic nitrogens is 4. The summed E-state index contributed by atoms with van der Waals surface area (Å²) in [7, 11) is 1.93. The molecule has 0 bridgehead atoms. The van der Waals surface area contributed by atoms with Crippen LogP contribution in [0.1, 0.15) is 17.1 Å². The summed E-state index contributed by atoms with van der Waals surface area (Å²) in [6.45, 7) is 4.03. The Balaban J connectivity index is 2.39. The lowest BCUT2D eigenvalue weighted by Crippen LogP contribution is -2.04. The maximum absolute atomic E-state index is 6.07. The Morgan fingerprint density at radius 2 is 2.00 bits per heavy atom. The van der Waals surface area contributed by atoms with Crippen molar-refractivity contribution in [2.24, 2.45) is 7.05 Å². The monoisotopic (exact) mass is 352 g/mol. The molecule has 0 aliphatic heterocycles. The first-order valence-corrected chi connectivity index (χ1v) is 7.58. The Morgan fingerprint density at radius 3 is 2.65 bits per heavy atom. The van der Waals surface area contributed by atoms with Gasteiger partial charge in [0.2, 0.25) is 0 Å². The molecule has 0 aliphatic carbocycles. The second-order valence-corrected chi connectivity index (χ2v) is 6.05. The lowest BCUT2D eigenvalue weighted by Gasteiger charge is -2.10. The van der Waals surface area contributed by atoms with Crippen LogP contribution < -0.4 is 0 Å². The zero-order chi connectivity index (χ0) is 14.4. The summed E-state index contributed by atoms with van der Waals surface area (Å²) in [5.74, 6) is 1.19. The van der Waals surface area contributed by atoms with Crippen LogP contribution in [0, 0.1) is 13.8 Å². The minimum atomic E-state index is 0.361. The highest BCUT2D eigenvalue weighted by Gasteiger charge is 2.18. The fourth-order valence-electron chi connectivity index (χ4n) is 2.52. The van der Waals surface area contributed by atoms with E-state index < -0.39 is 0 Å². The zero-order valence-corrected chi connectivity index (χ0v) is 13.8. The minimum Gasteiger partial charge on any atom is -0.280 e. The molecule has 0 radical (unpaired) electrons. The molecule has 3 rings (SSSR count). The summed E-state index contributed by atoms with van der Waals surface area (Å²) in [4.78, 5) is 4.62. The number of nitrogens with zero attached hydrogens (tertiary/aromatic N) is 4. The van der Waals surface area contributed by atoms with Gasteiger partial charge in [-0.15, -0.1) is 11.6 Å². The first-order chi connectivity index (χ1) is 9.51. The van der Waals surface area contributed by atoms with Gasteiger partial charge in [-0.3, -0.25) is 4.57 Å². The second-order valence-electron chi connectivity index (χ2n) is 4.87. The van der Waals surface area contributed by atoms with Crippen LogP contribution in [-0.4, -0.2) is 19.3 Å².